The van der Waals surface area contributed by atoms with Crippen molar-refractivity contribution in [1.82, 2.24) is 15.3 Å². The van der Waals surface area contributed by atoms with Crippen LogP contribution in [-0.2, 0) is 6.42 Å². The lowest BCUT2D eigenvalue weighted by Gasteiger charge is -2.14. The summed E-state index contributed by atoms with van der Waals surface area (Å²) in [6, 6.07) is 0. The molecule has 1 rings (SSSR count). The van der Waals surface area contributed by atoms with Crippen molar-refractivity contribution in [3.63, 3.8) is 0 Å². The number of carbonyl (C=O) groups is 1. The zero-order chi connectivity index (χ0) is 17.1. The zero-order valence-corrected chi connectivity index (χ0v) is 15.7. The number of anilines is 1. The number of carbonyl (C=O) groups excluding carboxylic acids is 1. The molecule has 1 aromatic rings. The highest BCUT2D eigenvalue weighted by Crippen LogP contribution is 2.24. The van der Waals surface area contributed by atoms with Gasteiger partial charge in [-0.05, 0) is 19.1 Å². The summed E-state index contributed by atoms with van der Waals surface area (Å²) < 4.78 is 0. The molecule has 0 unspecified atom stereocenters. The molecule has 0 aliphatic rings. The van der Waals surface area contributed by atoms with E-state index in [2.05, 4.69) is 34.4 Å². The lowest BCUT2D eigenvalue weighted by atomic mass is 10.2. The number of hydrogen-bond donors (Lipinski definition) is 2. The van der Waals surface area contributed by atoms with E-state index in [1.54, 1.807) is 7.05 Å². The molecule has 0 bridgehead atoms. The lowest BCUT2D eigenvalue weighted by molar-refractivity contribution is 0.0949. The molecule has 1 heterocycles. The van der Waals surface area contributed by atoms with Crippen LogP contribution in [0.3, 0.4) is 0 Å². The standard InChI is InChI=1S/C17H30N4OS/c1-5-7-9-11-13-20-15(18-3)14(17(21-13)23-4)16(22)19-12-10-8-6-2/h5-12H2,1-4H3,(H,19,22)(H,18,20,21). The molecule has 2 N–H and O–H groups in total. The summed E-state index contributed by atoms with van der Waals surface area (Å²) in [5.41, 5.74) is 0.565. The van der Waals surface area contributed by atoms with Gasteiger partial charge in [-0.15, -0.1) is 11.8 Å². The molecule has 0 atom stereocenters. The number of amides is 1. The van der Waals surface area contributed by atoms with Crippen molar-refractivity contribution in [1.29, 1.82) is 0 Å². The van der Waals surface area contributed by atoms with Gasteiger partial charge in [-0.2, -0.15) is 0 Å². The monoisotopic (exact) mass is 338 g/mol. The van der Waals surface area contributed by atoms with Gasteiger partial charge in [0.1, 0.15) is 22.2 Å². The molecule has 23 heavy (non-hydrogen) atoms. The van der Waals surface area contributed by atoms with E-state index in [0.29, 0.717) is 17.9 Å². The first kappa shape index (κ1) is 19.7. The normalized spacial score (nSPS) is 10.6. The van der Waals surface area contributed by atoms with Crippen LogP contribution >= 0.6 is 11.8 Å². The van der Waals surface area contributed by atoms with Gasteiger partial charge in [0.25, 0.3) is 5.91 Å². The largest absolute Gasteiger partial charge is 0.372 e. The molecule has 0 spiro atoms. The van der Waals surface area contributed by atoms with Gasteiger partial charge in [-0.25, -0.2) is 9.97 Å². The molecule has 6 heteroatoms. The maximum absolute atomic E-state index is 12.5. The van der Waals surface area contributed by atoms with Crippen molar-refractivity contribution >= 4 is 23.5 Å². The summed E-state index contributed by atoms with van der Waals surface area (Å²) in [7, 11) is 1.80. The molecular weight excluding hydrogens is 308 g/mol. The van der Waals surface area contributed by atoms with Gasteiger partial charge in [0.2, 0.25) is 0 Å². The highest BCUT2D eigenvalue weighted by molar-refractivity contribution is 7.98. The Morgan fingerprint density at radius 2 is 1.78 bits per heavy atom. The third kappa shape index (κ3) is 6.37. The molecule has 1 amide bonds. The maximum atomic E-state index is 12.5. The molecule has 0 aromatic carbocycles. The number of aromatic nitrogens is 2. The minimum absolute atomic E-state index is 0.0880. The average molecular weight is 339 g/mol. The highest BCUT2D eigenvalue weighted by atomic mass is 32.2. The fourth-order valence-electron chi connectivity index (χ4n) is 2.33. The van der Waals surface area contributed by atoms with Gasteiger partial charge in [-0.1, -0.05) is 39.5 Å². The van der Waals surface area contributed by atoms with Gasteiger partial charge in [0.15, 0.2) is 0 Å². The van der Waals surface area contributed by atoms with Gasteiger partial charge in [-0.3, -0.25) is 4.79 Å². The molecule has 0 radical (unpaired) electrons. The van der Waals surface area contributed by atoms with Gasteiger partial charge in [0.05, 0.1) is 0 Å². The third-order valence-electron chi connectivity index (χ3n) is 3.65. The Kier molecular flexibility index (Phi) is 9.67. The Hall–Kier alpha value is -1.30. The summed E-state index contributed by atoms with van der Waals surface area (Å²) in [6.45, 7) is 5.03. The Labute approximate surface area is 144 Å². The first-order chi connectivity index (χ1) is 11.2. The summed E-state index contributed by atoms with van der Waals surface area (Å²) in [5.74, 6) is 1.36. The van der Waals surface area contributed by atoms with E-state index in [9.17, 15) is 4.79 Å². The van der Waals surface area contributed by atoms with E-state index in [0.717, 1.165) is 43.0 Å². The van der Waals surface area contributed by atoms with Crippen LogP contribution in [0, 0.1) is 0 Å². The maximum Gasteiger partial charge on any atom is 0.257 e. The molecule has 1 aromatic heterocycles. The smallest absolute Gasteiger partial charge is 0.257 e. The van der Waals surface area contributed by atoms with Crippen molar-refractivity contribution in [3.05, 3.63) is 11.4 Å². The predicted molar refractivity (Wildman–Crippen MR) is 98.4 cm³/mol. The second kappa shape index (κ2) is 11.3. The molecule has 0 aliphatic carbocycles. The Balaban J connectivity index is 2.89. The number of nitrogens with one attached hydrogen (secondary N) is 2. The van der Waals surface area contributed by atoms with Crippen LogP contribution in [0.25, 0.3) is 0 Å². The van der Waals surface area contributed by atoms with Crippen molar-refractivity contribution in [2.45, 2.75) is 63.8 Å². The number of aryl methyl sites for hydroxylation is 1. The van der Waals surface area contributed by atoms with Crippen LogP contribution in [0.2, 0.25) is 0 Å². The highest BCUT2D eigenvalue weighted by Gasteiger charge is 2.19. The zero-order valence-electron chi connectivity index (χ0n) is 14.9. The summed E-state index contributed by atoms with van der Waals surface area (Å²) in [6.07, 6.45) is 9.50. The first-order valence-electron chi connectivity index (χ1n) is 8.58. The fourth-order valence-corrected chi connectivity index (χ4v) is 2.92. The molecule has 130 valence electrons. The van der Waals surface area contributed by atoms with Crippen LogP contribution in [-0.4, -0.2) is 35.7 Å². The van der Waals surface area contributed by atoms with Gasteiger partial charge >= 0.3 is 0 Å². The lowest BCUT2D eigenvalue weighted by Crippen LogP contribution is -2.27. The minimum atomic E-state index is -0.0880. The summed E-state index contributed by atoms with van der Waals surface area (Å²) in [5, 5.41) is 6.79. The van der Waals surface area contributed by atoms with E-state index >= 15 is 0 Å². The molecule has 0 saturated heterocycles. The number of thioether (sulfide) groups is 1. The molecule has 5 nitrogen and oxygen atoms in total. The van der Waals surface area contributed by atoms with E-state index in [1.807, 2.05) is 6.26 Å². The van der Waals surface area contributed by atoms with E-state index in [1.165, 1.54) is 24.6 Å². The van der Waals surface area contributed by atoms with Crippen LogP contribution < -0.4 is 10.6 Å². The average Bonchev–Trinajstić information content (AvgIpc) is 2.57. The topological polar surface area (TPSA) is 66.9 Å². The Bertz CT molecular complexity index is 468. The van der Waals surface area contributed by atoms with Gasteiger partial charge < -0.3 is 10.6 Å². The minimum Gasteiger partial charge on any atom is -0.372 e. The summed E-state index contributed by atoms with van der Waals surface area (Å²) >= 11 is 1.50. The van der Waals surface area contributed by atoms with E-state index < -0.39 is 0 Å². The Morgan fingerprint density at radius 3 is 2.39 bits per heavy atom. The predicted octanol–water partition coefficient (Wildman–Crippen LogP) is 3.89. The van der Waals surface area contributed by atoms with Crippen molar-refractivity contribution in [2.24, 2.45) is 0 Å². The quantitative estimate of drug-likeness (QED) is 0.364. The third-order valence-corrected chi connectivity index (χ3v) is 4.33. The SMILES string of the molecule is CCCCCNC(=O)c1c(NC)nc(CCCCC)nc1SC. The number of rotatable bonds is 11. The van der Waals surface area contributed by atoms with Crippen LogP contribution in [0.4, 0.5) is 5.82 Å². The molecule has 0 saturated carbocycles. The van der Waals surface area contributed by atoms with E-state index in [-0.39, 0.29) is 5.91 Å². The summed E-state index contributed by atoms with van der Waals surface area (Å²) in [4.78, 5) is 21.6. The van der Waals surface area contributed by atoms with Crippen LogP contribution in [0.15, 0.2) is 5.03 Å². The van der Waals surface area contributed by atoms with E-state index in [4.69, 9.17) is 0 Å². The molecule has 0 fully saturated rings. The van der Waals surface area contributed by atoms with Gasteiger partial charge in [0, 0.05) is 20.0 Å². The molecular formula is C17H30N4OS. The second-order valence-corrected chi connectivity index (χ2v) is 6.34. The number of hydrogen-bond acceptors (Lipinski definition) is 5. The second-order valence-electron chi connectivity index (χ2n) is 5.54. The van der Waals surface area contributed by atoms with Crippen molar-refractivity contribution < 1.29 is 4.79 Å². The number of unbranched alkanes of at least 4 members (excludes halogenated alkanes) is 4. The fraction of sp³-hybridized carbons (Fsp3) is 0.706. The van der Waals surface area contributed by atoms with Crippen LogP contribution in [0.5, 0.6) is 0 Å². The Morgan fingerprint density at radius 1 is 1.09 bits per heavy atom. The van der Waals surface area contributed by atoms with Crippen molar-refractivity contribution in [3.8, 4) is 0 Å². The molecule has 0 aliphatic heterocycles. The first-order valence-corrected chi connectivity index (χ1v) is 9.81. The van der Waals surface area contributed by atoms with Crippen LogP contribution in [0.1, 0.15) is 68.6 Å². The van der Waals surface area contributed by atoms with Crippen molar-refractivity contribution in [2.75, 3.05) is 25.2 Å². The number of nitrogens with zero attached hydrogens (tertiary/aromatic N) is 2.